The fraction of sp³-hybridized carbons (Fsp3) is 0. The van der Waals surface area contributed by atoms with E-state index in [2.05, 4.69) is 24.4 Å². The number of isothiocyanates is 2. The van der Waals surface area contributed by atoms with E-state index in [1.54, 1.807) is 0 Å². The molecule has 0 rings (SSSR count). The molecule has 2 nitrogen and oxygen atoms in total. The lowest BCUT2D eigenvalue weighted by molar-refractivity contribution is 3.08. The second-order valence-corrected chi connectivity index (χ2v) is 0.548. The van der Waals surface area contributed by atoms with Crippen LogP contribution >= 0.6 is 24.4 Å². The van der Waals surface area contributed by atoms with Gasteiger partial charge in [-0.2, -0.15) is 10.3 Å². The maximum atomic E-state index is 7.13. The molecule has 0 saturated carbocycles. The molecule has 0 N–H and O–H groups in total. The van der Waals surface area contributed by atoms with Gasteiger partial charge in [0.25, 0.3) is 0 Å². The smallest absolute Gasteiger partial charge is 0.753 e. The lowest BCUT2D eigenvalue weighted by Gasteiger charge is -1.37. The van der Waals surface area contributed by atoms with E-state index in [0.29, 0.717) is 0 Å². The minimum Gasteiger partial charge on any atom is -0.753 e. The van der Waals surface area contributed by atoms with Crippen LogP contribution in [0.5, 0.6) is 0 Å². The zero-order valence-electron chi connectivity index (χ0n) is 3.12. The number of hydrogen-bond acceptors (Lipinski definition) is 2. The van der Waals surface area contributed by atoms with Crippen LogP contribution in [0, 0.1) is 0 Å². The Morgan fingerprint density at radius 1 is 1.00 bits per heavy atom. The van der Waals surface area contributed by atoms with Crippen molar-refractivity contribution in [3.63, 3.8) is 0 Å². The number of rotatable bonds is 0. The first-order valence-electron chi connectivity index (χ1n) is 0.855. The molecule has 0 bridgehead atoms. The third kappa shape index (κ3) is 37100. The first-order valence-corrected chi connectivity index (χ1v) is 1.67. The molecular formula is C2N2S3. The van der Waals surface area contributed by atoms with Gasteiger partial charge in [0.15, 0.2) is 0 Å². The predicted molar refractivity (Wildman–Crippen MR) is 39.3 cm³/mol. The average molecular weight is 148 g/mol. The molecule has 0 aliphatic carbocycles. The zero-order chi connectivity index (χ0) is 5.41. The predicted octanol–water partition coefficient (Wildman–Crippen LogP) is 1.31. The summed E-state index contributed by atoms with van der Waals surface area (Å²) < 4.78 is 0. The highest BCUT2D eigenvalue weighted by Gasteiger charge is 2.00. The largest absolute Gasteiger partial charge is 2.00 e. The highest BCUT2D eigenvalue weighted by molar-refractivity contribution is 7.78. The van der Waals surface area contributed by atoms with Crippen LogP contribution in [0.3, 0.4) is 0 Å². The maximum Gasteiger partial charge on any atom is 2.00 e. The number of hydrogen-bond donors (Lipinski definition) is 0. The van der Waals surface area contributed by atoms with E-state index in [1.807, 2.05) is 0 Å². The van der Waals surface area contributed by atoms with Crippen LogP contribution < -0.4 is 0 Å². The molecule has 0 unspecified atom stereocenters. The molecule has 0 saturated heterocycles. The molecule has 0 atom stereocenters. The first-order chi connectivity index (χ1) is 2.83. The van der Waals surface area contributed by atoms with Crippen LogP contribution in [0.25, 0.3) is 10.8 Å². The quantitative estimate of drug-likeness (QED) is 0.384. The van der Waals surface area contributed by atoms with Gasteiger partial charge in [0.2, 0.25) is 0 Å². The molecule has 0 heterocycles. The van der Waals surface area contributed by atoms with Gasteiger partial charge in [-0.15, -0.1) is 0 Å². The molecule has 0 fully saturated rings. The van der Waals surface area contributed by atoms with Gasteiger partial charge < -0.3 is 10.8 Å². The summed E-state index contributed by atoms with van der Waals surface area (Å²) in [4.78, 5) is 0. The Hall–Kier alpha value is -0.0500. The van der Waals surface area contributed by atoms with E-state index in [-0.39, 0.29) is 13.5 Å². The van der Waals surface area contributed by atoms with Crippen molar-refractivity contribution in [1.29, 1.82) is 0 Å². The minimum absolute atomic E-state index is 0. The van der Waals surface area contributed by atoms with Crippen LogP contribution in [0.4, 0.5) is 0 Å². The normalized spacial score (nSPS) is 2.29. The summed E-state index contributed by atoms with van der Waals surface area (Å²) in [6.45, 7) is 0. The summed E-state index contributed by atoms with van der Waals surface area (Å²) in [6, 6.07) is 0. The van der Waals surface area contributed by atoms with E-state index in [0.717, 1.165) is 0 Å². The highest BCUT2D eigenvalue weighted by atomic mass is 32.1. The van der Waals surface area contributed by atoms with Crippen LogP contribution in [0.2, 0.25) is 0 Å². The third-order valence-corrected chi connectivity index (χ3v) is 0. The van der Waals surface area contributed by atoms with Gasteiger partial charge >= 0.3 is 13.5 Å². The Morgan fingerprint density at radius 3 is 1.00 bits per heavy atom. The van der Waals surface area contributed by atoms with E-state index in [9.17, 15) is 0 Å². The second-order valence-electron chi connectivity index (χ2n) is 0.183. The van der Waals surface area contributed by atoms with Crippen molar-refractivity contribution in [2.24, 2.45) is 0 Å². The second kappa shape index (κ2) is 38.3. The lowest BCUT2D eigenvalue weighted by Crippen LogP contribution is -0.979. The summed E-state index contributed by atoms with van der Waals surface area (Å²) >= 11 is 7.40. The molecule has 0 spiro atoms. The van der Waals surface area contributed by atoms with E-state index in [4.69, 9.17) is 10.8 Å². The van der Waals surface area contributed by atoms with Crippen molar-refractivity contribution >= 4 is 48.3 Å². The van der Waals surface area contributed by atoms with Gasteiger partial charge in [-0.3, -0.25) is 0 Å². The molecular weight excluding hydrogens is 148 g/mol. The summed E-state index contributed by atoms with van der Waals surface area (Å²) in [5, 5.41) is 16.9. The molecule has 0 amide bonds. The van der Waals surface area contributed by atoms with Gasteiger partial charge in [-0.05, 0) is 0 Å². The van der Waals surface area contributed by atoms with E-state index < -0.39 is 0 Å². The van der Waals surface area contributed by atoms with E-state index >= 15 is 0 Å². The van der Waals surface area contributed by atoms with Crippen molar-refractivity contribution in [2.45, 2.75) is 0 Å². The lowest BCUT2D eigenvalue weighted by atomic mass is 11.8. The molecule has 36 valence electrons. The Bertz CT molecular complexity index is 64.9. The molecule has 0 aromatic rings. The Balaban J connectivity index is -0.0000000400. The van der Waals surface area contributed by atoms with Crippen molar-refractivity contribution < 1.29 is 0 Å². The molecule has 7 heavy (non-hydrogen) atoms. The number of nitrogens with zero attached hydrogens (tertiary/aromatic N) is 2. The molecule has 0 aliphatic rings. The van der Waals surface area contributed by atoms with Crippen molar-refractivity contribution in [3.05, 3.63) is 10.8 Å². The summed E-state index contributed by atoms with van der Waals surface area (Å²) in [5.41, 5.74) is 0. The average Bonchev–Trinajstić information content (AvgIpc) is 1.39. The third-order valence-electron chi connectivity index (χ3n) is 0. The van der Waals surface area contributed by atoms with Crippen molar-refractivity contribution in [2.75, 3.05) is 0 Å². The SMILES string of the molecule is [N-]=C=S.[N-]=C=S.[S+2]. The van der Waals surface area contributed by atoms with Gasteiger partial charge in [-0.25, -0.2) is 0 Å². The van der Waals surface area contributed by atoms with Gasteiger partial charge in [-0.1, -0.05) is 24.4 Å². The van der Waals surface area contributed by atoms with Crippen LogP contribution in [0.1, 0.15) is 0 Å². The Morgan fingerprint density at radius 2 is 1.00 bits per heavy atom. The fourth-order valence-electron chi connectivity index (χ4n) is 0. The van der Waals surface area contributed by atoms with Gasteiger partial charge in [0, 0.05) is 0 Å². The number of thiocarbonyl (C=S) groups is 2. The van der Waals surface area contributed by atoms with Crippen LogP contribution in [-0.4, -0.2) is 10.3 Å². The van der Waals surface area contributed by atoms with Gasteiger partial charge in [0.1, 0.15) is 0 Å². The minimum atomic E-state index is 0. The Kier molecular flexibility index (Phi) is 86.4. The summed E-state index contributed by atoms with van der Waals surface area (Å²) in [7, 11) is 0. The van der Waals surface area contributed by atoms with Crippen molar-refractivity contribution in [3.8, 4) is 0 Å². The molecule has 4 radical (unpaired) electrons. The topological polar surface area (TPSA) is 44.6 Å². The summed E-state index contributed by atoms with van der Waals surface area (Å²) in [5.74, 6) is 0. The molecule has 0 aliphatic heterocycles. The maximum absolute atomic E-state index is 7.13. The fourth-order valence-corrected chi connectivity index (χ4v) is 0. The van der Waals surface area contributed by atoms with Crippen molar-refractivity contribution in [1.82, 2.24) is 0 Å². The van der Waals surface area contributed by atoms with Crippen LogP contribution in [-0.2, 0) is 13.5 Å². The van der Waals surface area contributed by atoms with Crippen LogP contribution in [0.15, 0.2) is 0 Å². The molecule has 0 aromatic heterocycles. The Labute approximate surface area is 59.4 Å². The van der Waals surface area contributed by atoms with E-state index in [1.165, 1.54) is 10.3 Å². The highest BCUT2D eigenvalue weighted by Crippen LogP contribution is 1.20. The summed E-state index contributed by atoms with van der Waals surface area (Å²) in [6.07, 6.45) is 0. The monoisotopic (exact) mass is 148 g/mol. The molecule has 0 aromatic carbocycles. The first kappa shape index (κ1) is 15.8. The molecule has 5 heteroatoms. The zero-order valence-corrected chi connectivity index (χ0v) is 5.57. The standard InChI is InChI=1S/2CNS.S/c2*2-1-3;/q2*-1;+2. The van der Waals surface area contributed by atoms with Gasteiger partial charge in [0.05, 0.1) is 0 Å².